The highest BCUT2D eigenvalue weighted by atomic mass is 32.2. The Bertz CT molecular complexity index is 419. The lowest BCUT2D eigenvalue weighted by Gasteiger charge is -2.15. The van der Waals surface area contributed by atoms with Crippen LogP contribution < -0.4 is 5.32 Å². The lowest BCUT2D eigenvalue weighted by molar-refractivity contribution is -0.125. The van der Waals surface area contributed by atoms with E-state index in [1.807, 2.05) is 37.3 Å². The van der Waals surface area contributed by atoms with E-state index >= 15 is 0 Å². The van der Waals surface area contributed by atoms with E-state index in [9.17, 15) is 9.59 Å². The number of carbonyl (C=O) groups is 2. The van der Waals surface area contributed by atoms with E-state index in [0.717, 1.165) is 17.7 Å². The lowest BCUT2D eigenvalue weighted by atomic mass is 10.00. The van der Waals surface area contributed by atoms with Crippen molar-refractivity contribution in [3.05, 3.63) is 35.9 Å². The molecular formula is C13H15NO2S. The van der Waals surface area contributed by atoms with E-state index < -0.39 is 0 Å². The molecule has 1 aliphatic heterocycles. The summed E-state index contributed by atoms with van der Waals surface area (Å²) in [5.74, 6) is 0.524. The molecule has 0 spiro atoms. The van der Waals surface area contributed by atoms with E-state index in [0.29, 0.717) is 0 Å². The molecule has 1 aromatic carbocycles. The molecule has 1 heterocycles. The van der Waals surface area contributed by atoms with E-state index in [1.54, 1.807) is 0 Å². The zero-order chi connectivity index (χ0) is 12.3. The van der Waals surface area contributed by atoms with Gasteiger partial charge < -0.3 is 5.32 Å². The van der Waals surface area contributed by atoms with Gasteiger partial charge in [0.2, 0.25) is 11.0 Å². The molecule has 2 rings (SSSR count). The Morgan fingerprint density at radius 3 is 2.71 bits per heavy atom. The maximum Gasteiger partial charge on any atom is 0.227 e. The van der Waals surface area contributed by atoms with Crippen LogP contribution in [0.15, 0.2) is 30.3 Å². The second-order valence-electron chi connectivity index (χ2n) is 4.15. The van der Waals surface area contributed by atoms with Gasteiger partial charge in [-0.25, -0.2) is 0 Å². The summed E-state index contributed by atoms with van der Waals surface area (Å²) in [6.07, 6.45) is 0.747. The summed E-state index contributed by atoms with van der Waals surface area (Å²) >= 11 is 1.30. The molecule has 4 heteroatoms. The van der Waals surface area contributed by atoms with Crippen LogP contribution in [-0.4, -0.2) is 22.8 Å². The maximum absolute atomic E-state index is 12.0. The van der Waals surface area contributed by atoms with Gasteiger partial charge >= 0.3 is 0 Å². The van der Waals surface area contributed by atoms with Gasteiger partial charge in [-0.1, -0.05) is 42.1 Å². The van der Waals surface area contributed by atoms with Crippen LogP contribution in [0.2, 0.25) is 0 Å². The minimum atomic E-state index is -0.293. The maximum atomic E-state index is 12.0. The van der Waals surface area contributed by atoms with Gasteiger partial charge in [-0.05, 0) is 18.9 Å². The molecule has 1 fully saturated rings. The van der Waals surface area contributed by atoms with Gasteiger partial charge in [0.15, 0.2) is 0 Å². The fraction of sp³-hybridized carbons (Fsp3) is 0.385. The summed E-state index contributed by atoms with van der Waals surface area (Å²) in [6.45, 7) is 1.86. The third-order valence-corrected chi connectivity index (χ3v) is 3.95. The van der Waals surface area contributed by atoms with Gasteiger partial charge in [0.1, 0.15) is 0 Å². The molecule has 90 valence electrons. The van der Waals surface area contributed by atoms with E-state index in [4.69, 9.17) is 0 Å². The Hall–Kier alpha value is -1.29. The quantitative estimate of drug-likeness (QED) is 0.890. The number of amides is 1. The Balaban J connectivity index is 1.98. The average molecular weight is 249 g/mol. The van der Waals surface area contributed by atoms with Crippen molar-refractivity contribution >= 4 is 22.8 Å². The number of carbonyl (C=O) groups excluding carboxylic acids is 2. The monoisotopic (exact) mass is 249 g/mol. The van der Waals surface area contributed by atoms with Crippen molar-refractivity contribution in [1.82, 2.24) is 5.32 Å². The van der Waals surface area contributed by atoms with Gasteiger partial charge in [0.05, 0.1) is 12.0 Å². The Kier molecular flexibility index (Phi) is 3.84. The number of hydrogen-bond acceptors (Lipinski definition) is 3. The van der Waals surface area contributed by atoms with Crippen molar-refractivity contribution in [3.8, 4) is 0 Å². The highest BCUT2D eigenvalue weighted by Gasteiger charge is 2.28. The smallest absolute Gasteiger partial charge is 0.227 e. The van der Waals surface area contributed by atoms with Gasteiger partial charge in [-0.15, -0.1) is 0 Å². The van der Waals surface area contributed by atoms with Crippen LogP contribution in [0, 0.1) is 0 Å². The van der Waals surface area contributed by atoms with Crippen LogP contribution in [0.3, 0.4) is 0 Å². The van der Waals surface area contributed by atoms with Crippen molar-refractivity contribution < 1.29 is 9.59 Å². The van der Waals surface area contributed by atoms with Gasteiger partial charge in [0, 0.05) is 5.75 Å². The zero-order valence-corrected chi connectivity index (χ0v) is 10.5. The van der Waals surface area contributed by atoms with Crippen LogP contribution in [0.4, 0.5) is 0 Å². The van der Waals surface area contributed by atoms with Crippen LogP contribution >= 0.6 is 11.8 Å². The summed E-state index contributed by atoms with van der Waals surface area (Å²) in [5, 5.41) is 2.90. The second kappa shape index (κ2) is 5.36. The van der Waals surface area contributed by atoms with Crippen LogP contribution in [0.1, 0.15) is 24.8 Å². The first-order chi connectivity index (χ1) is 8.18. The van der Waals surface area contributed by atoms with E-state index in [1.165, 1.54) is 11.8 Å². The average Bonchev–Trinajstić information content (AvgIpc) is 2.75. The molecule has 2 atom stereocenters. The highest BCUT2D eigenvalue weighted by Crippen LogP contribution is 2.21. The fourth-order valence-corrected chi connectivity index (χ4v) is 2.75. The number of hydrogen-bond donors (Lipinski definition) is 1. The first kappa shape index (κ1) is 12.2. The third kappa shape index (κ3) is 2.88. The zero-order valence-electron chi connectivity index (χ0n) is 9.68. The first-order valence-corrected chi connectivity index (χ1v) is 6.69. The molecule has 17 heavy (non-hydrogen) atoms. The molecule has 1 aliphatic rings. The summed E-state index contributed by atoms with van der Waals surface area (Å²) in [6, 6.07) is 9.31. The summed E-state index contributed by atoms with van der Waals surface area (Å²) in [4.78, 5) is 23.4. The first-order valence-electron chi connectivity index (χ1n) is 5.70. The van der Waals surface area contributed by atoms with Crippen molar-refractivity contribution in [3.63, 3.8) is 0 Å². The SMILES string of the molecule is CC(C(=O)NC1CCSC1=O)c1ccccc1. The summed E-state index contributed by atoms with van der Waals surface area (Å²) < 4.78 is 0. The van der Waals surface area contributed by atoms with Crippen molar-refractivity contribution in [2.45, 2.75) is 25.3 Å². The Labute approximate surface area is 105 Å². The minimum Gasteiger partial charge on any atom is -0.345 e. The largest absolute Gasteiger partial charge is 0.345 e. The molecular weight excluding hydrogens is 234 g/mol. The molecule has 0 aliphatic carbocycles. The normalized spacial score (nSPS) is 21.2. The standard InChI is InChI=1S/C13H15NO2S/c1-9(10-5-3-2-4-6-10)12(15)14-11-7-8-17-13(11)16/h2-6,9,11H,7-8H2,1H3,(H,14,15). The van der Waals surface area contributed by atoms with E-state index in [-0.39, 0.29) is 23.0 Å². The Morgan fingerprint density at radius 1 is 1.41 bits per heavy atom. The van der Waals surface area contributed by atoms with Crippen molar-refractivity contribution in [1.29, 1.82) is 0 Å². The topological polar surface area (TPSA) is 46.2 Å². The summed E-state index contributed by atoms with van der Waals surface area (Å²) in [5.41, 5.74) is 0.975. The number of nitrogens with one attached hydrogen (secondary N) is 1. The summed E-state index contributed by atoms with van der Waals surface area (Å²) in [7, 11) is 0. The second-order valence-corrected chi connectivity index (χ2v) is 5.25. The van der Waals surface area contributed by atoms with Gasteiger partial charge in [-0.2, -0.15) is 0 Å². The van der Waals surface area contributed by atoms with Crippen molar-refractivity contribution in [2.75, 3.05) is 5.75 Å². The molecule has 3 nitrogen and oxygen atoms in total. The molecule has 0 saturated carbocycles. The Morgan fingerprint density at radius 2 is 2.12 bits per heavy atom. The van der Waals surface area contributed by atoms with Crippen LogP contribution in [-0.2, 0) is 9.59 Å². The van der Waals surface area contributed by atoms with E-state index in [2.05, 4.69) is 5.32 Å². The number of thioether (sulfide) groups is 1. The fourth-order valence-electron chi connectivity index (χ4n) is 1.82. The minimum absolute atomic E-state index is 0.0722. The number of benzene rings is 1. The van der Waals surface area contributed by atoms with Crippen LogP contribution in [0.5, 0.6) is 0 Å². The predicted octanol–water partition coefficient (Wildman–Crippen LogP) is 1.94. The molecule has 0 bridgehead atoms. The van der Waals surface area contributed by atoms with Gasteiger partial charge in [0.25, 0.3) is 0 Å². The molecule has 1 N–H and O–H groups in total. The molecule has 1 saturated heterocycles. The molecule has 0 radical (unpaired) electrons. The lowest BCUT2D eigenvalue weighted by Crippen LogP contribution is -2.39. The molecule has 2 unspecified atom stereocenters. The highest BCUT2D eigenvalue weighted by molar-refractivity contribution is 8.14. The molecule has 1 amide bonds. The molecule has 0 aromatic heterocycles. The van der Waals surface area contributed by atoms with Crippen molar-refractivity contribution in [2.24, 2.45) is 0 Å². The predicted molar refractivity (Wildman–Crippen MR) is 68.9 cm³/mol. The van der Waals surface area contributed by atoms with Crippen LogP contribution in [0.25, 0.3) is 0 Å². The molecule has 1 aromatic rings. The third-order valence-electron chi connectivity index (χ3n) is 2.94. The van der Waals surface area contributed by atoms with Gasteiger partial charge in [-0.3, -0.25) is 9.59 Å². The number of rotatable bonds is 3.